The van der Waals surface area contributed by atoms with Gasteiger partial charge in [-0.15, -0.1) is 0 Å². The zero-order valence-electron chi connectivity index (χ0n) is 16.5. The first kappa shape index (κ1) is 21.4. The molecule has 1 aliphatic rings. The average Bonchev–Trinajstić information content (AvgIpc) is 3.09. The summed E-state index contributed by atoms with van der Waals surface area (Å²) in [7, 11) is 3.85. The topological polar surface area (TPSA) is 65.0 Å². The van der Waals surface area contributed by atoms with Crippen LogP contribution in [0.4, 0.5) is 24.5 Å². The Labute approximate surface area is 172 Å². The quantitative estimate of drug-likeness (QED) is 0.599. The van der Waals surface area contributed by atoms with Gasteiger partial charge >= 0.3 is 6.18 Å². The van der Waals surface area contributed by atoms with Crippen LogP contribution < -0.4 is 15.2 Å². The van der Waals surface area contributed by atoms with Gasteiger partial charge in [-0.05, 0) is 35.9 Å². The first-order chi connectivity index (χ1) is 14.1. The van der Waals surface area contributed by atoms with Crippen LogP contribution >= 0.6 is 0 Å². The lowest BCUT2D eigenvalue weighted by Crippen LogP contribution is -2.30. The Hall–Kier alpha value is -3.36. The van der Waals surface area contributed by atoms with Crippen LogP contribution in [-0.2, 0) is 15.8 Å². The van der Waals surface area contributed by atoms with Gasteiger partial charge in [0.05, 0.1) is 17.7 Å². The summed E-state index contributed by atoms with van der Waals surface area (Å²) in [6.07, 6.45) is -3.11. The van der Waals surface area contributed by atoms with E-state index in [4.69, 9.17) is 0 Å². The van der Waals surface area contributed by atoms with E-state index in [9.17, 15) is 22.8 Å². The van der Waals surface area contributed by atoms with E-state index in [1.54, 1.807) is 0 Å². The molecule has 1 heterocycles. The van der Waals surface area contributed by atoms with E-state index in [1.807, 2.05) is 43.3 Å². The number of anilines is 2. The van der Waals surface area contributed by atoms with Crippen LogP contribution in [0, 0.1) is 5.92 Å². The van der Waals surface area contributed by atoms with Crippen LogP contribution in [0.1, 0.15) is 17.5 Å². The predicted molar refractivity (Wildman–Crippen MR) is 108 cm³/mol. The summed E-state index contributed by atoms with van der Waals surface area (Å²) in [6.45, 7) is -0.000963. The fraction of sp³-hybridized carbons (Fsp3) is 0.286. The number of carbonyl (C=O) groups is 2. The van der Waals surface area contributed by atoms with Gasteiger partial charge in [0, 0.05) is 38.4 Å². The number of nitrogens with one attached hydrogen (secondary N) is 1. The Balaban J connectivity index is 1.61. The molecule has 9 heteroatoms. The van der Waals surface area contributed by atoms with Gasteiger partial charge < -0.3 is 9.80 Å². The number of rotatable bonds is 5. The molecule has 2 aromatic carbocycles. The number of carbonyl (C=O) groups excluding carboxylic acids is 2. The molecule has 2 amide bonds. The zero-order valence-corrected chi connectivity index (χ0v) is 16.5. The van der Waals surface area contributed by atoms with E-state index in [0.29, 0.717) is 0 Å². The van der Waals surface area contributed by atoms with E-state index in [1.165, 1.54) is 23.2 Å². The highest BCUT2D eigenvalue weighted by atomic mass is 19.4. The molecule has 1 saturated heterocycles. The lowest BCUT2D eigenvalue weighted by atomic mass is 10.1. The maximum atomic E-state index is 12.9. The number of halogens is 3. The molecular formula is C21H21F3N4O2. The number of nitrogens with zero attached hydrogens (tertiary/aromatic N) is 3. The first-order valence-electron chi connectivity index (χ1n) is 9.23. The normalized spacial score (nSPS) is 16.9. The summed E-state index contributed by atoms with van der Waals surface area (Å²) in [5.41, 5.74) is 3.49. The second-order valence-electron chi connectivity index (χ2n) is 7.17. The minimum atomic E-state index is -4.50. The van der Waals surface area contributed by atoms with E-state index in [0.717, 1.165) is 23.4 Å². The molecule has 0 radical (unpaired) electrons. The van der Waals surface area contributed by atoms with Crippen molar-refractivity contribution in [2.24, 2.45) is 11.0 Å². The molecule has 0 bridgehead atoms. The molecule has 0 spiro atoms. The molecule has 1 N–H and O–H groups in total. The number of hydrogen-bond acceptors (Lipinski definition) is 4. The second kappa shape index (κ2) is 8.56. The maximum absolute atomic E-state index is 12.9. The van der Waals surface area contributed by atoms with Crippen molar-refractivity contribution in [1.29, 1.82) is 0 Å². The maximum Gasteiger partial charge on any atom is 0.416 e. The van der Waals surface area contributed by atoms with E-state index >= 15 is 0 Å². The van der Waals surface area contributed by atoms with E-state index < -0.39 is 29.5 Å². The van der Waals surface area contributed by atoms with Crippen LogP contribution in [0.3, 0.4) is 0 Å². The van der Waals surface area contributed by atoms with Gasteiger partial charge in [-0.2, -0.15) is 18.3 Å². The summed E-state index contributed by atoms with van der Waals surface area (Å²) in [4.78, 5) is 27.7. The highest BCUT2D eigenvalue weighted by molar-refractivity contribution is 6.00. The van der Waals surface area contributed by atoms with Gasteiger partial charge in [0.15, 0.2) is 0 Å². The third kappa shape index (κ3) is 4.97. The second-order valence-corrected chi connectivity index (χ2v) is 7.17. The molecule has 1 aliphatic heterocycles. The fourth-order valence-corrected chi connectivity index (χ4v) is 3.10. The Morgan fingerprint density at radius 2 is 1.90 bits per heavy atom. The molecule has 1 unspecified atom stereocenters. The van der Waals surface area contributed by atoms with Crippen molar-refractivity contribution in [1.82, 2.24) is 5.43 Å². The Bertz CT molecular complexity index is 955. The van der Waals surface area contributed by atoms with Gasteiger partial charge in [0.25, 0.3) is 0 Å². The SMILES string of the molecule is CN(C)c1ccc(C=NNC(=O)C2CC(=O)N(c3cccc(C(F)(F)F)c3)C2)cc1. The van der Waals surface area contributed by atoms with Crippen LogP contribution in [0.5, 0.6) is 0 Å². The van der Waals surface area contributed by atoms with Gasteiger partial charge in [0.2, 0.25) is 11.8 Å². The fourth-order valence-electron chi connectivity index (χ4n) is 3.10. The summed E-state index contributed by atoms with van der Waals surface area (Å²) in [5, 5.41) is 3.91. The largest absolute Gasteiger partial charge is 0.416 e. The minimum Gasteiger partial charge on any atom is -0.378 e. The van der Waals surface area contributed by atoms with Gasteiger partial charge in [-0.3, -0.25) is 9.59 Å². The van der Waals surface area contributed by atoms with Crippen molar-refractivity contribution in [2.45, 2.75) is 12.6 Å². The van der Waals surface area contributed by atoms with Gasteiger partial charge in [-0.25, -0.2) is 5.43 Å². The molecule has 2 aromatic rings. The van der Waals surface area contributed by atoms with Crippen molar-refractivity contribution in [3.05, 3.63) is 59.7 Å². The summed E-state index contributed by atoms with van der Waals surface area (Å²) < 4.78 is 38.7. The third-order valence-corrected chi connectivity index (χ3v) is 4.78. The molecular weight excluding hydrogens is 397 g/mol. The molecule has 1 fully saturated rings. The Kier molecular flexibility index (Phi) is 6.09. The third-order valence-electron chi connectivity index (χ3n) is 4.78. The number of hydrazone groups is 1. The van der Waals surface area contributed by atoms with Crippen LogP contribution in [0.2, 0.25) is 0 Å². The summed E-state index contributed by atoms with van der Waals surface area (Å²) >= 11 is 0. The highest BCUT2D eigenvalue weighted by Crippen LogP contribution is 2.33. The van der Waals surface area contributed by atoms with E-state index in [2.05, 4.69) is 10.5 Å². The highest BCUT2D eigenvalue weighted by Gasteiger charge is 2.36. The molecule has 30 heavy (non-hydrogen) atoms. The van der Waals surface area contributed by atoms with Crippen molar-refractivity contribution in [2.75, 3.05) is 30.4 Å². The molecule has 6 nitrogen and oxygen atoms in total. The number of benzene rings is 2. The van der Waals surface area contributed by atoms with Crippen LogP contribution in [0.15, 0.2) is 53.6 Å². The Morgan fingerprint density at radius 3 is 2.53 bits per heavy atom. The van der Waals surface area contributed by atoms with Crippen LogP contribution in [-0.4, -0.2) is 38.7 Å². The zero-order chi connectivity index (χ0) is 21.9. The molecule has 0 aliphatic carbocycles. The molecule has 0 saturated carbocycles. The number of hydrogen-bond donors (Lipinski definition) is 1. The lowest BCUT2D eigenvalue weighted by Gasteiger charge is -2.18. The Morgan fingerprint density at radius 1 is 1.20 bits per heavy atom. The molecule has 158 valence electrons. The van der Waals surface area contributed by atoms with Crippen molar-refractivity contribution >= 4 is 29.4 Å². The van der Waals surface area contributed by atoms with Crippen molar-refractivity contribution < 1.29 is 22.8 Å². The standard InChI is InChI=1S/C21H21F3N4O2/c1-27(2)17-8-6-14(7-9-17)12-25-26-20(30)15-10-19(29)28(13-15)18-5-3-4-16(11-18)21(22,23)24/h3-9,11-12,15H,10,13H2,1-2H3,(H,26,30). The number of amides is 2. The van der Waals surface area contributed by atoms with E-state index in [-0.39, 0.29) is 18.7 Å². The minimum absolute atomic E-state index is 0.000963. The smallest absolute Gasteiger partial charge is 0.378 e. The number of alkyl halides is 3. The van der Waals surface area contributed by atoms with Crippen LogP contribution in [0.25, 0.3) is 0 Å². The van der Waals surface area contributed by atoms with Gasteiger partial charge in [0.1, 0.15) is 0 Å². The van der Waals surface area contributed by atoms with Gasteiger partial charge in [-0.1, -0.05) is 18.2 Å². The monoisotopic (exact) mass is 418 g/mol. The molecule has 1 atom stereocenters. The van der Waals surface area contributed by atoms with Crippen molar-refractivity contribution in [3.63, 3.8) is 0 Å². The van der Waals surface area contributed by atoms with Crippen molar-refractivity contribution in [3.8, 4) is 0 Å². The average molecular weight is 418 g/mol. The summed E-state index contributed by atoms with van der Waals surface area (Å²) in [5.74, 6) is -1.56. The molecule has 3 rings (SSSR count). The predicted octanol–water partition coefficient (Wildman–Crippen LogP) is 3.27. The first-order valence-corrected chi connectivity index (χ1v) is 9.23. The lowest BCUT2D eigenvalue weighted by molar-refractivity contribution is -0.137. The molecule has 0 aromatic heterocycles. The summed E-state index contributed by atoms with van der Waals surface area (Å²) in [6, 6.07) is 12.0.